The Morgan fingerprint density at radius 2 is 1.90 bits per heavy atom. The van der Waals surface area contributed by atoms with E-state index in [9.17, 15) is 0 Å². The molecule has 0 radical (unpaired) electrons. The van der Waals surface area contributed by atoms with E-state index in [4.69, 9.17) is 19.3 Å². The van der Waals surface area contributed by atoms with Crippen LogP contribution in [0.2, 0.25) is 0 Å². The molecule has 0 saturated carbocycles. The van der Waals surface area contributed by atoms with E-state index in [-0.39, 0.29) is 11.8 Å². The molecule has 152 valence electrons. The molecule has 1 N–H and O–H groups in total. The van der Waals surface area contributed by atoms with Gasteiger partial charge in [0, 0.05) is 23.6 Å². The predicted octanol–water partition coefficient (Wildman–Crippen LogP) is 2.25. The maximum atomic E-state index is 6.65. The van der Waals surface area contributed by atoms with Crippen molar-refractivity contribution in [3.63, 3.8) is 0 Å². The van der Waals surface area contributed by atoms with Crippen LogP contribution >= 0.6 is 0 Å². The van der Waals surface area contributed by atoms with Crippen LogP contribution in [0.1, 0.15) is 36.4 Å². The number of rotatable bonds is 3. The number of methoxy groups -OCH3 is 2. The number of likely N-dealkylation sites (tertiary alicyclic amines) is 1. The second-order valence-corrected chi connectivity index (χ2v) is 8.22. The first-order valence-corrected chi connectivity index (χ1v) is 10.3. The number of ether oxygens (including phenoxy) is 3. The van der Waals surface area contributed by atoms with Gasteiger partial charge in [-0.2, -0.15) is 5.10 Å². The standard InChI is InChI=1S/C23H27N3O3/c1-25-12-10-23(11-13-25)26-20(18-6-4-5-7-21(18)29-23)15-19(24-26)17-9-8-16(27-2)14-22(17)28-3/h4-9,14,20H,10-13,15H2,1-3H3/p+1/t20-/m1/s1. The van der Waals surface area contributed by atoms with E-state index >= 15 is 0 Å². The SMILES string of the molecule is COc1ccc(C2=NN3[C@H](C2)c2ccccc2OC32CC[NH+](C)CC2)c(OC)c1. The molecule has 1 atom stereocenters. The summed E-state index contributed by atoms with van der Waals surface area (Å²) in [7, 11) is 5.62. The Morgan fingerprint density at radius 1 is 1.10 bits per heavy atom. The van der Waals surface area contributed by atoms with Gasteiger partial charge >= 0.3 is 0 Å². The van der Waals surface area contributed by atoms with Gasteiger partial charge in [-0.1, -0.05) is 18.2 Å². The van der Waals surface area contributed by atoms with Crippen LogP contribution in [0.4, 0.5) is 0 Å². The highest BCUT2D eigenvalue weighted by Gasteiger charge is 2.52. The van der Waals surface area contributed by atoms with Crippen molar-refractivity contribution in [3.05, 3.63) is 53.6 Å². The Kier molecular flexibility index (Phi) is 4.39. The summed E-state index contributed by atoms with van der Waals surface area (Å²) in [6.45, 7) is 2.17. The molecule has 3 aliphatic rings. The normalized spacial score (nSPS) is 27.7. The Balaban J connectivity index is 1.58. The first-order chi connectivity index (χ1) is 14.1. The van der Waals surface area contributed by atoms with Crippen molar-refractivity contribution in [3.8, 4) is 17.2 Å². The number of nitrogens with one attached hydrogen (secondary N) is 1. The third kappa shape index (κ3) is 2.94. The van der Waals surface area contributed by atoms with Gasteiger partial charge in [0.05, 0.1) is 59.0 Å². The van der Waals surface area contributed by atoms with E-state index in [0.717, 1.165) is 60.9 Å². The van der Waals surface area contributed by atoms with Gasteiger partial charge in [-0.05, 0) is 18.2 Å². The van der Waals surface area contributed by atoms with Gasteiger partial charge in [0.15, 0.2) is 0 Å². The summed E-state index contributed by atoms with van der Waals surface area (Å²) in [6.07, 6.45) is 2.79. The quantitative estimate of drug-likeness (QED) is 0.868. The number of nitrogens with zero attached hydrogens (tertiary/aromatic N) is 2. The molecule has 0 aromatic heterocycles. The summed E-state index contributed by atoms with van der Waals surface area (Å²) in [5.41, 5.74) is 2.92. The molecule has 1 saturated heterocycles. The van der Waals surface area contributed by atoms with Crippen LogP contribution in [0.25, 0.3) is 0 Å². The lowest BCUT2D eigenvalue weighted by Crippen LogP contribution is -3.11. The molecule has 6 heteroatoms. The van der Waals surface area contributed by atoms with Gasteiger partial charge < -0.3 is 19.1 Å². The molecule has 0 amide bonds. The molecular weight excluding hydrogens is 366 g/mol. The highest BCUT2D eigenvalue weighted by Crippen LogP contribution is 2.49. The molecule has 0 unspecified atom stereocenters. The Hall–Kier alpha value is -2.73. The van der Waals surface area contributed by atoms with E-state index in [0.29, 0.717) is 0 Å². The largest absolute Gasteiger partial charge is 0.497 e. The number of hydrazone groups is 1. The van der Waals surface area contributed by atoms with Crippen LogP contribution in [0, 0.1) is 0 Å². The summed E-state index contributed by atoms with van der Waals surface area (Å²) in [5.74, 6) is 2.58. The maximum absolute atomic E-state index is 6.65. The zero-order valence-corrected chi connectivity index (χ0v) is 17.3. The van der Waals surface area contributed by atoms with Gasteiger partial charge in [0.1, 0.15) is 17.2 Å². The minimum atomic E-state index is -0.361. The van der Waals surface area contributed by atoms with Gasteiger partial charge in [-0.25, -0.2) is 5.01 Å². The highest BCUT2D eigenvalue weighted by molar-refractivity contribution is 6.04. The zero-order chi connectivity index (χ0) is 20.0. The molecule has 6 nitrogen and oxygen atoms in total. The number of fused-ring (bicyclic) bond motifs is 4. The van der Waals surface area contributed by atoms with Gasteiger partial charge in [-0.3, -0.25) is 0 Å². The molecule has 1 spiro atoms. The third-order valence-corrected chi connectivity index (χ3v) is 6.51. The third-order valence-electron chi connectivity index (χ3n) is 6.51. The van der Waals surface area contributed by atoms with E-state index in [1.54, 1.807) is 19.1 Å². The van der Waals surface area contributed by atoms with E-state index in [2.05, 4.69) is 36.3 Å². The molecule has 3 aliphatic heterocycles. The molecule has 29 heavy (non-hydrogen) atoms. The first kappa shape index (κ1) is 18.3. The summed E-state index contributed by atoms with van der Waals surface area (Å²) >= 11 is 0. The number of para-hydroxylation sites is 1. The van der Waals surface area contributed by atoms with Crippen LogP contribution in [-0.2, 0) is 0 Å². The van der Waals surface area contributed by atoms with Crippen LogP contribution in [0.15, 0.2) is 47.6 Å². The topological polar surface area (TPSA) is 47.7 Å². The van der Waals surface area contributed by atoms with E-state index in [1.165, 1.54) is 5.56 Å². The van der Waals surface area contributed by atoms with Gasteiger partial charge in [0.25, 0.3) is 0 Å². The molecule has 5 rings (SSSR count). The lowest BCUT2D eigenvalue weighted by Gasteiger charge is -2.49. The monoisotopic (exact) mass is 394 g/mol. The number of quaternary nitrogens is 1. The van der Waals surface area contributed by atoms with Crippen molar-refractivity contribution in [2.24, 2.45) is 5.10 Å². The van der Waals surface area contributed by atoms with Crippen molar-refractivity contribution < 1.29 is 19.1 Å². The molecular formula is C23H28N3O3+. The summed E-state index contributed by atoms with van der Waals surface area (Å²) in [6, 6.07) is 14.6. The fourth-order valence-corrected chi connectivity index (χ4v) is 4.83. The lowest BCUT2D eigenvalue weighted by atomic mass is 9.91. The lowest BCUT2D eigenvalue weighted by molar-refractivity contribution is -0.888. The number of benzene rings is 2. The molecule has 0 bridgehead atoms. The summed E-state index contributed by atoms with van der Waals surface area (Å²) in [4.78, 5) is 1.55. The van der Waals surface area contributed by atoms with E-state index in [1.807, 2.05) is 18.2 Å². The molecule has 1 fully saturated rings. The Morgan fingerprint density at radius 3 is 2.66 bits per heavy atom. The summed E-state index contributed by atoms with van der Waals surface area (Å²) in [5, 5.41) is 7.39. The van der Waals surface area contributed by atoms with Crippen LogP contribution < -0.4 is 19.1 Å². The number of hydrogen-bond acceptors (Lipinski definition) is 5. The average Bonchev–Trinajstić information content (AvgIpc) is 3.22. The molecule has 2 aromatic rings. The van der Waals surface area contributed by atoms with Gasteiger partial charge in [0.2, 0.25) is 5.72 Å². The minimum absolute atomic E-state index is 0.195. The fourth-order valence-electron chi connectivity index (χ4n) is 4.83. The maximum Gasteiger partial charge on any atom is 0.208 e. The van der Waals surface area contributed by atoms with Gasteiger partial charge in [-0.15, -0.1) is 0 Å². The number of piperidine rings is 1. The van der Waals surface area contributed by atoms with Crippen LogP contribution in [0.3, 0.4) is 0 Å². The molecule has 0 aliphatic carbocycles. The smallest absolute Gasteiger partial charge is 0.208 e. The average molecular weight is 394 g/mol. The van der Waals surface area contributed by atoms with Crippen LogP contribution in [0.5, 0.6) is 17.2 Å². The highest BCUT2D eigenvalue weighted by atomic mass is 16.5. The Labute approximate surface area is 171 Å². The second kappa shape index (κ2) is 6.95. The second-order valence-electron chi connectivity index (χ2n) is 8.22. The van der Waals surface area contributed by atoms with Crippen molar-refractivity contribution in [2.75, 3.05) is 34.4 Å². The minimum Gasteiger partial charge on any atom is -0.497 e. The van der Waals surface area contributed by atoms with Crippen molar-refractivity contribution >= 4 is 5.71 Å². The van der Waals surface area contributed by atoms with Crippen LogP contribution in [-0.4, -0.2) is 50.8 Å². The van der Waals surface area contributed by atoms with Crippen molar-refractivity contribution in [2.45, 2.75) is 31.0 Å². The molecule has 2 aromatic carbocycles. The van der Waals surface area contributed by atoms with Crippen molar-refractivity contribution in [1.29, 1.82) is 0 Å². The molecule has 3 heterocycles. The first-order valence-electron chi connectivity index (χ1n) is 10.3. The fraction of sp³-hybridized carbons (Fsp3) is 0.435. The Bertz CT molecular complexity index is 950. The summed E-state index contributed by atoms with van der Waals surface area (Å²) < 4.78 is 17.7. The predicted molar refractivity (Wildman–Crippen MR) is 111 cm³/mol. The van der Waals surface area contributed by atoms with E-state index < -0.39 is 0 Å². The zero-order valence-electron chi connectivity index (χ0n) is 17.3. The van der Waals surface area contributed by atoms with Crippen molar-refractivity contribution in [1.82, 2.24) is 5.01 Å². The number of hydrogen-bond donors (Lipinski definition) is 1.